The zero-order chi connectivity index (χ0) is 10.7. The summed E-state index contributed by atoms with van der Waals surface area (Å²) in [5.41, 5.74) is 1.30. The van der Waals surface area contributed by atoms with E-state index in [0.29, 0.717) is 10.7 Å². The molecule has 2 atom stereocenters. The van der Waals surface area contributed by atoms with Crippen LogP contribution in [0.5, 0.6) is 0 Å². The Bertz CT molecular complexity index is 294. The van der Waals surface area contributed by atoms with Crippen molar-refractivity contribution in [2.24, 2.45) is 0 Å². The lowest BCUT2D eigenvalue weighted by atomic mass is 10.0. The Balaban J connectivity index is 2.86. The molecule has 1 heterocycles. The fourth-order valence-corrected chi connectivity index (χ4v) is 2.96. The normalized spacial score (nSPS) is 15.5. The highest BCUT2D eigenvalue weighted by molar-refractivity contribution is 9.10. The van der Waals surface area contributed by atoms with Crippen LogP contribution in [0.15, 0.2) is 10.7 Å². The minimum Gasteiger partial charge on any atom is -0.268 e. The second kappa shape index (κ2) is 5.31. The summed E-state index contributed by atoms with van der Waals surface area (Å²) in [4.78, 5) is 0.546. The van der Waals surface area contributed by atoms with Crippen molar-refractivity contribution < 1.29 is 0 Å². The predicted molar refractivity (Wildman–Crippen MR) is 67.0 cm³/mol. The number of hydrogen-bond acceptors (Lipinski definition) is 1. The fraction of sp³-hybridized carbons (Fsp3) is 0.700. The minimum atomic E-state index is 0.529. The van der Waals surface area contributed by atoms with Crippen LogP contribution in [0.1, 0.15) is 38.8 Å². The topological polar surface area (TPSA) is 17.8 Å². The van der Waals surface area contributed by atoms with Gasteiger partial charge in [-0.15, -0.1) is 0 Å². The maximum Gasteiger partial charge on any atom is 0.0635 e. The van der Waals surface area contributed by atoms with Gasteiger partial charge in [-0.1, -0.05) is 29.8 Å². The Morgan fingerprint density at radius 3 is 2.64 bits per heavy atom. The van der Waals surface area contributed by atoms with Gasteiger partial charge in [-0.05, 0) is 29.3 Å². The summed E-state index contributed by atoms with van der Waals surface area (Å²) in [5, 5.41) is 4.32. The molecule has 1 aromatic rings. The van der Waals surface area contributed by atoms with Crippen LogP contribution < -0.4 is 0 Å². The first-order valence-electron chi connectivity index (χ1n) is 4.91. The Labute approximate surface area is 102 Å². The third-order valence-electron chi connectivity index (χ3n) is 2.28. The molecule has 0 saturated heterocycles. The van der Waals surface area contributed by atoms with Gasteiger partial charge < -0.3 is 0 Å². The highest BCUT2D eigenvalue weighted by Gasteiger charge is 2.16. The van der Waals surface area contributed by atoms with Gasteiger partial charge in [-0.2, -0.15) is 5.10 Å². The Morgan fingerprint density at radius 2 is 2.14 bits per heavy atom. The first-order valence-corrected chi connectivity index (χ1v) is 6.62. The van der Waals surface area contributed by atoms with Crippen LogP contribution in [0.2, 0.25) is 0 Å². The van der Waals surface area contributed by atoms with E-state index in [1.807, 2.05) is 6.20 Å². The van der Waals surface area contributed by atoms with Gasteiger partial charge in [0.25, 0.3) is 0 Å². The van der Waals surface area contributed by atoms with Gasteiger partial charge in [0.1, 0.15) is 0 Å². The first-order chi connectivity index (χ1) is 6.56. The van der Waals surface area contributed by atoms with E-state index in [1.54, 1.807) is 0 Å². The minimum absolute atomic E-state index is 0.529. The third-order valence-corrected chi connectivity index (χ3v) is 3.26. The molecular formula is C10H16Br2N2. The second-order valence-corrected chi connectivity index (χ2v) is 6.03. The Hall–Kier alpha value is 0.170. The zero-order valence-electron chi connectivity index (χ0n) is 8.80. The zero-order valence-corrected chi connectivity index (χ0v) is 12.0. The monoisotopic (exact) mass is 322 g/mol. The van der Waals surface area contributed by atoms with E-state index < -0.39 is 0 Å². The molecule has 0 fully saturated rings. The van der Waals surface area contributed by atoms with E-state index in [9.17, 15) is 0 Å². The number of halogens is 2. The summed E-state index contributed by atoms with van der Waals surface area (Å²) in [6, 6.07) is 0. The van der Waals surface area contributed by atoms with E-state index >= 15 is 0 Å². The van der Waals surface area contributed by atoms with E-state index in [0.717, 1.165) is 17.4 Å². The van der Waals surface area contributed by atoms with E-state index in [2.05, 4.69) is 62.4 Å². The summed E-state index contributed by atoms with van der Waals surface area (Å²) >= 11 is 7.14. The molecule has 2 unspecified atom stereocenters. The highest BCUT2D eigenvalue weighted by atomic mass is 79.9. The summed E-state index contributed by atoms with van der Waals surface area (Å²) < 4.78 is 3.18. The Kier molecular flexibility index (Phi) is 4.64. The average molecular weight is 324 g/mol. The molecule has 14 heavy (non-hydrogen) atoms. The molecule has 2 nitrogen and oxygen atoms in total. The van der Waals surface area contributed by atoms with Crippen molar-refractivity contribution in [1.29, 1.82) is 0 Å². The van der Waals surface area contributed by atoms with Crippen molar-refractivity contribution in [1.82, 2.24) is 9.78 Å². The van der Waals surface area contributed by atoms with Crippen molar-refractivity contribution in [2.45, 2.75) is 44.5 Å². The number of alkyl halides is 1. The van der Waals surface area contributed by atoms with Crippen molar-refractivity contribution in [3.63, 3.8) is 0 Å². The predicted octanol–water partition coefficient (Wildman–Crippen LogP) is 3.94. The van der Waals surface area contributed by atoms with Crippen molar-refractivity contribution >= 4 is 31.9 Å². The van der Waals surface area contributed by atoms with Crippen LogP contribution in [0, 0.1) is 0 Å². The van der Waals surface area contributed by atoms with E-state index in [1.165, 1.54) is 5.69 Å². The van der Waals surface area contributed by atoms with Crippen LogP contribution in [-0.4, -0.2) is 14.6 Å². The standard InChI is InChI=1S/C10H16Br2N2/c1-4-14-10(9(12)6-13-14)7(2)5-8(3)11/h6-8H,4-5H2,1-3H3. The number of nitrogens with zero attached hydrogens (tertiary/aromatic N) is 2. The molecule has 0 bridgehead atoms. The van der Waals surface area contributed by atoms with Crippen LogP contribution in [0.3, 0.4) is 0 Å². The van der Waals surface area contributed by atoms with Gasteiger partial charge in [0.2, 0.25) is 0 Å². The first kappa shape index (κ1) is 12.2. The largest absolute Gasteiger partial charge is 0.268 e. The molecule has 0 amide bonds. The number of hydrogen-bond donors (Lipinski definition) is 0. The number of aryl methyl sites for hydroxylation is 1. The second-order valence-electron chi connectivity index (χ2n) is 3.61. The van der Waals surface area contributed by atoms with Gasteiger partial charge in [0, 0.05) is 17.3 Å². The lowest BCUT2D eigenvalue weighted by molar-refractivity contribution is 0.560. The van der Waals surface area contributed by atoms with Crippen LogP contribution >= 0.6 is 31.9 Å². The molecule has 0 spiro atoms. The number of aromatic nitrogens is 2. The summed E-state index contributed by atoms with van der Waals surface area (Å²) in [6.45, 7) is 7.47. The lowest BCUT2D eigenvalue weighted by Crippen LogP contribution is -2.09. The lowest BCUT2D eigenvalue weighted by Gasteiger charge is -2.15. The molecule has 4 heteroatoms. The van der Waals surface area contributed by atoms with Gasteiger partial charge >= 0.3 is 0 Å². The highest BCUT2D eigenvalue weighted by Crippen LogP contribution is 2.29. The van der Waals surface area contributed by atoms with Crippen LogP contribution in [0.25, 0.3) is 0 Å². The maximum absolute atomic E-state index is 4.32. The van der Waals surface area contributed by atoms with Gasteiger partial charge in [0.15, 0.2) is 0 Å². The van der Waals surface area contributed by atoms with Gasteiger partial charge in [-0.25, -0.2) is 0 Å². The van der Waals surface area contributed by atoms with Gasteiger partial charge in [-0.3, -0.25) is 4.68 Å². The molecule has 0 saturated carbocycles. The summed E-state index contributed by atoms with van der Waals surface area (Å²) in [7, 11) is 0. The quantitative estimate of drug-likeness (QED) is 0.767. The molecule has 80 valence electrons. The van der Waals surface area contributed by atoms with Crippen molar-refractivity contribution in [3.05, 3.63) is 16.4 Å². The summed E-state index contributed by atoms with van der Waals surface area (Å²) in [5.74, 6) is 0.529. The molecule has 0 aromatic carbocycles. The third kappa shape index (κ3) is 2.83. The molecule has 1 rings (SSSR count). The summed E-state index contributed by atoms with van der Waals surface area (Å²) in [6.07, 6.45) is 3.01. The SMILES string of the molecule is CCn1ncc(Br)c1C(C)CC(C)Br. The molecular weight excluding hydrogens is 308 g/mol. The molecule has 0 radical (unpaired) electrons. The van der Waals surface area contributed by atoms with E-state index in [-0.39, 0.29) is 0 Å². The molecule has 1 aromatic heterocycles. The fourth-order valence-electron chi connectivity index (χ4n) is 1.71. The average Bonchev–Trinajstić information content (AvgIpc) is 2.45. The van der Waals surface area contributed by atoms with Crippen molar-refractivity contribution in [2.75, 3.05) is 0 Å². The molecule has 0 aliphatic rings. The Morgan fingerprint density at radius 1 is 1.50 bits per heavy atom. The maximum atomic E-state index is 4.32. The van der Waals surface area contributed by atoms with Crippen LogP contribution in [-0.2, 0) is 6.54 Å². The van der Waals surface area contributed by atoms with Crippen LogP contribution in [0.4, 0.5) is 0 Å². The number of rotatable bonds is 4. The van der Waals surface area contributed by atoms with Crippen molar-refractivity contribution in [3.8, 4) is 0 Å². The van der Waals surface area contributed by atoms with E-state index in [4.69, 9.17) is 0 Å². The molecule has 0 N–H and O–H groups in total. The smallest absolute Gasteiger partial charge is 0.0635 e. The molecule has 0 aliphatic heterocycles. The van der Waals surface area contributed by atoms with Gasteiger partial charge in [0.05, 0.1) is 16.4 Å². The molecule has 0 aliphatic carbocycles.